The van der Waals surface area contributed by atoms with Crippen molar-refractivity contribution in [2.24, 2.45) is 0 Å². The van der Waals surface area contributed by atoms with Gasteiger partial charge in [0.15, 0.2) is 0 Å². The van der Waals surface area contributed by atoms with E-state index < -0.39 is 0 Å². The zero-order valence-corrected chi connectivity index (χ0v) is 16.3. The summed E-state index contributed by atoms with van der Waals surface area (Å²) in [6.07, 6.45) is 2.17. The van der Waals surface area contributed by atoms with Crippen molar-refractivity contribution in [2.75, 3.05) is 25.0 Å². The lowest BCUT2D eigenvalue weighted by Gasteiger charge is -2.31. The number of hydrogen-bond donors (Lipinski definition) is 2. The predicted molar refractivity (Wildman–Crippen MR) is 117 cm³/mol. The number of carbonyl (C=O) groups is 1. The third-order valence-electron chi connectivity index (χ3n) is 5.73. The van der Waals surface area contributed by atoms with Crippen LogP contribution in [0.1, 0.15) is 24.6 Å². The molecule has 1 aliphatic rings. The number of nitrogens with one attached hydrogen (secondary N) is 2. The van der Waals surface area contributed by atoms with Crippen LogP contribution >= 0.6 is 0 Å². The quantitative estimate of drug-likeness (QED) is 0.543. The topological polar surface area (TPSA) is 61.0 Å². The fourth-order valence-corrected chi connectivity index (χ4v) is 4.32. The molecule has 5 nitrogen and oxygen atoms in total. The number of aromatic amines is 1. The van der Waals surface area contributed by atoms with Crippen LogP contribution in [0.15, 0.2) is 66.7 Å². The molecule has 2 heterocycles. The molecule has 1 saturated heterocycles. The lowest BCUT2D eigenvalue weighted by Crippen LogP contribution is -2.40. The van der Waals surface area contributed by atoms with Gasteiger partial charge in [0.25, 0.3) is 0 Å². The van der Waals surface area contributed by atoms with Crippen LogP contribution in [0.5, 0.6) is 0 Å². The number of piperidine rings is 1. The van der Waals surface area contributed by atoms with E-state index in [-0.39, 0.29) is 5.91 Å². The standard InChI is InChI=1S/C24H24N4O/c29-23(25-20-13-5-8-17-7-1-2-10-19(17)20)16-28-14-6-9-18(15-28)24-26-21-11-3-4-12-22(21)27-24/h1-5,7-8,10-13,18H,6,9,14-16H2,(H,25,29)(H,26,27)/t18-/m1/s1. The van der Waals surface area contributed by atoms with Crippen molar-refractivity contribution < 1.29 is 4.79 Å². The molecule has 0 unspecified atom stereocenters. The molecule has 1 aromatic heterocycles. The van der Waals surface area contributed by atoms with Crippen LogP contribution in [-0.2, 0) is 4.79 Å². The number of H-pyrrole nitrogens is 1. The average Bonchev–Trinajstić information content (AvgIpc) is 3.19. The molecule has 1 aliphatic heterocycles. The normalized spacial score (nSPS) is 17.6. The molecular weight excluding hydrogens is 360 g/mol. The smallest absolute Gasteiger partial charge is 0.238 e. The van der Waals surface area contributed by atoms with Gasteiger partial charge < -0.3 is 10.3 Å². The van der Waals surface area contributed by atoms with Crippen molar-refractivity contribution in [3.8, 4) is 0 Å². The summed E-state index contributed by atoms with van der Waals surface area (Å²) in [5.74, 6) is 1.40. The van der Waals surface area contributed by atoms with Crippen LogP contribution in [-0.4, -0.2) is 40.4 Å². The molecule has 0 bridgehead atoms. The third kappa shape index (κ3) is 3.74. The number of benzene rings is 3. The molecular formula is C24H24N4O. The lowest BCUT2D eigenvalue weighted by molar-refractivity contribution is -0.117. The van der Waals surface area contributed by atoms with E-state index in [9.17, 15) is 4.79 Å². The Hall–Kier alpha value is -3.18. The van der Waals surface area contributed by atoms with Crippen LogP contribution in [0.3, 0.4) is 0 Å². The molecule has 1 amide bonds. The van der Waals surface area contributed by atoms with Crippen LogP contribution in [0.4, 0.5) is 5.69 Å². The second-order valence-corrected chi connectivity index (χ2v) is 7.79. The van der Waals surface area contributed by atoms with E-state index in [1.54, 1.807) is 0 Å². The molecule has 1 fully saturated rings. The number of nitrogens with zero attached hydrogens (tertiary/aromatic N) is 2. The Labute approximate surface area is 169 Å². The number of imidazole rings is 1. The molecule has 146 valence electrons. The van der Waals surface area contributed by atoms with Crippen molar-refractivity contribution in [3.05, 3.63) is 72.6 Å². The lowest BCUT2D eigenvalue weighted by atomic mass is 9.97. The molecule has 4 aromatic rings. The molecule has 29 heavy (non-hydrogen) atoms. The summed E-state index contributed by atoms with van der Waals surface area (Å²) in [5.41, 5.74) is 2.96. The minimum atomic E-state index is 0.0339. The van der Waals surface area contributed by atoms with Gasteiger partial charge in [-0.15, -0.1) is 0 Å². The van der Waals surface area contributed by atoms with Crippen molar-refractivity contribution in [1.29, 1.82) is 0 Å². The number of carbonyl (C=O) groups excluding carboxylic acids is 1. The van der Waals surface area contributed by atoms with Crippen LogP contribution in [0.2, 0.25) is 0 Å². The monoisotopic (exact) mass is 384 g/mol. The van der Waals surface area contributed by atoms with Gasteiger partial charge in [0.1, 0.15) is 5.82 Å². The average molecular weight is 384 g/mol. The van der Waals surface area contributed by atoms with Crippen LogP contribution in [0.25, 0.3) is 21.8 Å². The maximum atomic E-state index is 12.7. The largest absolute Gasteiger partial charge is 0.342 e. The predicted octanol–water partition coefficient (Wildman–Crippen LogP) is 4.53. The SMILES string of the molecule is O=C(CN1CCC[C@@H](c2nc3ccccc3[nH]2)C1)Nc1cccc2ccccc12. The van der Waals surface area contributed by atoms with Crippen molar-refractivity contribution in [2.45, 2.75) is 18.8 Å². The van der Waals surface area contributed by atoms with Crippen molar-refractivity contribution in [3.63, 3.8) is 0 Å². The number of hydrogen-bond acceptors (Lipinski definition) is 3. The Bertz CT molecular complexity index is 1130. The van der Waals surface area contributed by atoms with E-state index >= 15 is 0 Å². The summed E-state index contributed by atoms with van der Waals surface area (Å²) in [4.78, 5) is 23.2. The highest BCUT2D eigenvalue weighted by Gasteiger charge is 2.25. The molecule has 1 atom stereocenters. The minimum absolute atomic E-state index is 0.0339. The Kier molecular flexibility index (Phi) is 4.74. The molecule has 5 heteroatoms. The molecule has 0 spiro atoms. The van der Waals surface area contributed by atoms with Crippen molar-refractivity contribution in [1.82, 2.24) is 14.9 Å². The van der Waals surface area contributed by atoms with Gasteiger partial charge in [0.05, 0.1) is 17.6 Å². The van der Waals surface area contributed by atoms with Gasteiger partial charge in [0, 0.05) is 23.5 Å². The van der Waals surface area contributed by atoms with E-state index in [1.165, 1.54) is 0 Å². The van der Waals surface area contributed by atoms with Gasteiger partial charge in [0.2, 0.25) is 5.91 Å². The van der Waals surface area contributed by atoms with Crippen LogP contribution in [0, 0.1) is 0 Å². The molecule has 5 rings (SSSR count). The number of anilines is 1. The minimum Gasteiger partial charge on any atom is -0.342 e. The van der Waals surface area contributed by atoms with E-state index in [0.29, 0.717) is 12.5 Å². The summed E-state index contributed by atoms with van der Waals surface area (Å²) < 4.78 is 0. The Morgan fingerprint density at radius 2 is 1.90 bits per heavy atom. The molecule has 0 radical (unpaired) electrons. The van der Waals surface area contributed by atoms with Gasteiger partial charge >= 0.3 is 0 Å². The van der Waals surface area contributed by atoms with Crippen molar-refractivity contribution >= 4 is 33.4 Å². The molecule has 3 aromatic carbocycles. The molecule has 2 N–H and O–H groups in total. The maximum absolute atomic E-state index is 12.7. The van der Waals surface area contributed by atoms with E-state index in [0.717, 1.165) is 59.2 Å². The Balaban J connectivity index is 1.27. The van der Waals surface area contributed by atoms with E-state index in [1.807, 2.05) is 48.5 Å². The Morgan fingerprint density at radius 1 is 1.07 bits per heavy atom. The highest BCUT2D eigenvalue weighted by Crippen LogP contribution is 2.27. The summed E-state index contributed by atoms with van der Waals surface area (Å²) in [7, 11) is 0. The number of aromatic nitrogens is 2. The third-order valence-corrected chi connectivity index (χ3v) is 5.73. The zero-order chi connectivity index (χ0) is 19.6. The number of fused-ring (bicyclic) bond motifs is 2. The van der Waals surface area contributed by atoms with Gasteiger partial charge in [-0.3, -0.25) is 9.69 Å². The second-order valence-electron chi connectivity index (χ2n) is 7.79. The first-order valence-corrected chi connectivity index (χ1v) is 10.2. The van der Waals surface area contributed by atoms with Gasteiger partial charge in [-0.25, -0.2) is 4.98 Å². The van der Waals surface area contributed by atoms with Gasteiger partial charge in [-0.05, 0) is 43.0 Å². The summed E-state index contributed by atoms with van der Waals surface area (Å²) in [6, 6.07) is 22.3. The number of likely N-dealkylation sites (tertiary alicyclic amines) is 1. The second kappa shape index (κ2) is 7.68. The number of amides is 1. The Morgan fingerprint density at radius 3 is 2.83 bits per heavy atom. The first-order valence-electron chi connectivity index (χ1n) is 10.2. The first kappa shape index (κ1) is 17.9. The van der Waals surface area contributed by atoms with Gasteiger partial charge in [-0.2, -0.15) is 0 Å². The maximum Gasteiger partial charge on any atom is 0.238 e. The highest BCUT2D eigenvalue weighted by atomic mass is 16.2. The van der Waals surface area contributed by atoms with E-state index in [4.69, 9.17) is 4.98 Å². The summed E-state index contributed by atoms with van der Waals surface area (Å²) in [5, 5.41) is 5.31. The van der Waals surface area contributed by atoms with Gasteiger partial charge in [-0.1, -0.05) is 48.5 Å². The fourth-order valence-electron chi connectivity index (χ4n) is 4.32. The number of para-hydroxylation sites is 2. The highest BCUT2D eigenvalue weighted by molar-refractivity contribution is 6.02. The van der Waals surface area contributed by atoms with Crippen LogP contribution < -0.4 is 5.32 Å². The first-order chi connectivity index (χ1) is 14.3. The fraction of sp³-hybridized carbons (Fsp3) is 0.250. The zero-order valence-electron chi connectivity index (χ0n) is 16.3. The summed E-state index contributed by atoms with van der Waals surface area (Å²) >= 11 is 0. The molecule has 0 aliphatic carbocycles. The van der Waals surface area contributed by atoms with E-state index in [2.05, 4.69) is 33.4 Å². The molecule has 0 saturated carbocycles. The number of rotatable bonds is 4. The summed E-state index contributed by atoms with van der Waals surface area (Å²) in [6.45, 7) is 2.20.